The van der Waals surface area contributed by atoms with Gasteiger partial charge in [0.25, 0.3) is 5.91 Å². The van der Waals surface area contributed by atoms with Crippen molar-refractivity contribution in [3.05, 3.63) is 34.6 Å². The Labute approximate surface area is 209 Å². The minimum absolute atomic E-state index is 0.00511. The third kappa shape index (κ3) is 5.22. The lowest BCUT2D eigenvalue weighted by molar-refractivity contribution is -0.137. The molecular weight excluding hydrogens is 519 g/mol. The number of thiophene rings is 1. The fraction of sp³-hybridized carbons (Fsp3) is 0.429. The van der Waals surface area contributed by atoms with Crippen molar-refractivity contribution in [3.63, 3.8) is 0 Å². The van der Waals surface area contributed by atoms with Crippen molar-refractivity contribution in [2.24, 2.45) is 0 Å². The molecule has 0 aliphatic carbocycles. The number of carbonyl (C=O) groups excluding carboxylic acids is 1. The molecule has 15 heteroatoms. The molecular formula is C21H24F3N7O3S2. The molecule has 36 heavy (non-hydrogen) atoms. The number of halogens is 3. The van der Waals surface area contributed by atoms with E-state index in [0.717, 1.165) is 12.6 Å². The zero-order valence-electron chi connectivity index (χ0n) is 19.9. The van der Waals surface area contributed by atoms with E-state index >= 15 is 0 Å². The highest BCUT2D eigenvalue weighted by Crippen LogP contribution is 2.42. The van der Waals surface area contributed by atoms with Gasteiger partial charge in [-0.1, -0.05) is 0 Å². The average molecular weight is 544 g/mol. The third-order valence-electron chi connectivity index (χ3n) is 5.57. The number of anilines is 2. The van der Waals surface area contributed by atoms with Crippen LogP contribution in [0.3, 0.4) is 0 Å². The van der Waals surface area contributed by atoms with Crippen molar-refractivity contribution >= 4 is 38.7 Å². The Balaban J connectivity index is 1.76. The summed E-state index contributed by atoms with van der Waals surface area (Å²) in [5.41, 5.74) is -0.537. The van der Waals surface area contributed by atoms with Crippen LogP contribution in [0.4, 0.5) is 24.8 Å². The number of alkyl halides is 3. The van der Waals surface area contributed by atoms with E-state index in [1.807, 2.05) is 19.0 Å². The molecule has 0 unspecified atom stereocenters. The Morgan fingerprint density at radius 2 is 2.00 bits per heavy atom. The number of sulfone groups is 1. The van der Waals surface area contributed by atoms with Crippen molar-refractivity contribution in [1.29, 1.82) is 0 Å². The van der Waals surface area contributed by atoms with Crippen LogP contribution in [0, 0.1) is 6.92 Å². The standard InChI is InChI=1S/C21H24F3N7O3S2/c1-12-14(11-31(28-12)6-5-29(2)3)26-20-25-10-13(21(22,23)24)17(27-20)15-9-16-18(35-15)19(32)30(4)7-8-36(16,33)34/h9-11H,5-8H2,1-4H3,(H,25,26,27). The summed E-state index contributed by atoms with van der Waals surface area (Å²) in [6.07, 6.45) is -2.46. The molecule has 194 valence electrons. The van der Waals surface area contributed by atoms with Crippen LogP contribution in [0.1, 0.15) is 20.9 Å². The maximum absolute atomic E-state index is 13.8. The molecule has 1 aliphatic rings. The lowest BCUT2D eigenvalue weighted by atomic mass is 10.2. The van der Waals surface area contributed by atoms with E-state index in [4.69, 9.17) is 0 Å². The van der Waals surface area contributed by atoms with Gasteiger partial charge in [-0.15, -0.1) is 11.3 Å². The number of hydrogen-bond donors (Lipinski definition) is 1. The predicted molar refractivity (Wildman–Crippen MR) is 128 cm³/mol. The summed E-state index contributed by atoms with van der Waals surface area (Å²) in [7, 11) is 1.44. The average Bonchev–Trinajstić information content (AvgIpc) is 3.37. The van der Waals surface area contributed by atoms with Gasteiger partial charge in [0.1, 0.15) is 10.4 Å². The lowest BCUT2D eigenvalue weighted by Crippen LogP contribution is -2.27. The zero-order valence-corrected chi connectivity index (χ0v) is 21.6. The molecule has 1 N–H and O–H groups in total. The maximum Gasteiger partial charge on any atom is 0.420 e. The minimum Gasteiger partial charge on any atom is -0.340 e. The number of rotatable bonds is 6. The van der Waals surface area contributed by atoms with Crippen LogP contribution in [-0.2, 0) is 22.6 Å². The summed E-state index contributed by atoms with van der Waals surface area (Å²) < 4.78 is 68.6. The Morgan fingerprint density at radius 3 is 2.67 bits per heavy atom. The molecule has 0 fully saturated rings. The molecule has 0 saturated heterocycles. The summed E-state index contributed by atoms with van der Waals surface area (Å²) in [4.78, 5) is 23.3. The molecule has 1 aliphatic heterocycles. The Morgan fingerprint density at radius 1 is 1.28 bits per heavy atom. The van der Waals surface area contributed by atoms with Gasteiger partial charge in [-0.3, -0.25) is 9.48 Å². The number of aromatic nitrogens is 4. The number of likely N-dealkylation sites (N-methyl/N-ethyl adjacent to an activating group) is 1. The fourth-order valence-corrected chi connectivity index (χ4v) is 6.56. The molecule has 3 aromatic heterocycles. The van der Waals surface area contributed by atoms with Crippen molar-refractivity contribution in [2.45, 2.75) is 24.5 Å². The number of carbonyl (C=O) groups is 1. The van der Waals surface area contributed by atoms with Crippen LogP contribution < -0.4 is 5.32 Å². The fourth-order valence-electron chi connectivity index (χ4n) is 3.53. The topological polar surface area (TPSA) is 113 Å². The summed E-state index contributed by atoms with van der Waals surface area (Å²) in [6.45, 7) is 3.07. The van der Waals surface area contributed by atoms with Gasteiger partial charge in [-0.2, -0.15) is 18.3 Å². The van der Waals surface area contributed by atoms with Crippen LogP contribution in [0.5, 0.6) is 0 Å². The quantitative estimate of drug-likeness (QED) is 0.505. The number of hydrogen-bond acceptors (Lipinski definition) is 9. The summed E-state index contributed by atoms with van der Waals surface area (Å²) in [5, 5.41) is 7.28. The van der Waals surface area contributed by atoms with Crippen LogP contribution >= 0.6 is 11.3 Å². The molecule has 1 amide bonds. The highest BCUT2D eigenvalue weighted by atomic mass is 32.2. The highest BCUT2D eigenvalue weighted by Gasteiger charge is 2.38. The number of nitrogens with one attached hydrogen (secondary N) is 1. The van der Waals surface area contributed by atoms with Gasteiger partial charge in [-0.25, -0.2) is 18.4 Å². The van der Waals surface area contributed by atoms with Gasteiger partial charge in [0.2, 0.25) is 5.95 Å². The molecule has 10 nitrogen and oxygen atoms in total. The van der Waals surface area contributed by atoms with Crippen molar-refractivity contribution < 1.29 is 26.4 Å². The van der Waals surface area contributed by atoms with Crippen LogP contribution in [0.2, 0.25) is 0 Å². The normalized spacial score (nSPS) is 15.8. The van der Waals surface area contributed by atoms with Crippen LogP contribution in [0.25, 0.3) is 10.6 Å². The molecule has 0 atom stereocenters. The second-order valence-corrected chi connectivity index (χ2v) is 11.8. The first kappa shape index (κ1) is 26.0. The highest BCUT2D eigenvalue weighted by molar-refractivity contribution is 7.91. The predicted octanol–water partition coefficient (Wildman–Crippen LogP) is 2.89. The largest absolute Gasteiger partial charge is 0.420 e. The van der Waals surface area contributed by atoms with Gasteiger partial charge in [-0.05, 0) is 27.1 Å². The zero-order chi connectivity index (χ0) is 26.4. The number of fused-ring (bicyclic) bond motifs is 1. The summed E-state index contributed by atoms with van der Waals surface area (Å²) in [6, 6.07) is 1.10. The van der Waals surface area contributed by atoms with Crippen LogP contribution in [-0.4, -0.2) is 83.9 Å². The van der Waals surface area contributed by atoms with Gasteiger partial charge in [0, 0.05) is 32.5 Å². The minimum atomic E-state index is -4.80. The smallest absolute Gasteiger partial charge is 0.340 e. The Hall–Kier alpha value is -3.04. The van der Waals surface area contributed by atoms with Crippen molar-refractivity contribution in [3.8, 4) is 10.6 Å². The molecule has 0 spiro atoms. The van der Waals surface area contributed by atoms with E-state index in [-0.39, 0.29) is 32.9 Å². The monoisotopic (exact) mass is 543 g/mol. The molecule has 0 saturated carbocycles. The molecule has 0 aromatic carbocycles. The first-order valence-corrected chi connectivity index (χ1v) is 13.3. The second-order valence-electron chi connectivity index (χ2n) is 8.62. The molecule has 4 heterocycles. The van der Waals surface area contributed by atoms with Gasteiger partial charge in [0.05, 0.1) is 39.1 Å². The first-order chi connectivity index (χ1) is 16.8. The second kappa shape index (κ2) is 9.44. The summed E-state index contributed by atoms with van der Waals surface area (Å²) >= 11 is 0.668. The lowest BCUT2D eigenvalue weighted by Gasteiger charge is -2.13. The van der Waals surface area contributed by atoms with E-state index in [2.05, 4.69) is 20.4 Å². The number of amides is 1. The molecule has 3 aromatic rings. The molecule has 0 bridgehead atoms. The van der Waals surface area contributed by atoms with E-state index < -0.39 is 33.2 Å². The maximum atomic E-state index is 13.8. The summed E-state index contributed by atoms with van der Waals surface area (Å²) in [5.74, 6) is -1.01. The number of nitrogens with zero attached hydrogens (tertiary/aromatic N) is 6. The third-order valence-corrected chi connectivity index (χ3v) is 8.54. The van der Waals surface area contributed by atoms with Gasteiger partial charge in [0.15, 0.2) is 9.84 Å². The van der Waals surface area contributed by atoms with Crippen molar-refractivity contribution in [1.82, 2.24) is 29.5 Å². The van der Waals surface area contributed by atoms with E-state index in [1.54, 1.807) is 17.8 Å². The number of aryl methyl sites for hydroxylation is 1. The van der Waals surface area contributed by atoms with E-state index in [0.29, 0.717) is 35.5 Å². The van der Waals surface area contributed by atoms with Gasteiger partial charge >= 0.3 is 6.18 Å². The SMILES string of the molecule is Cc1nn(CCN(C)C)cc1Nc1ncc(C(F)(F)F)c(-c2cc3c(s2)C(=O)N(C)CCS3(=O)=O)n1. The van der Waals surface area contributed by atoms with Crippen LogP contribution in [0.15, 0.2) is 23.4 Å². The Kier molecular flexibility index (Phi) is 6.83. The van der Waals surface area contributed by atoms with Crippen molar-refractivity contribution in [2.75, 3.05) is 45.3 Å². The van der Waals surface area contributed by atoms with Gasteiger partial charge < -0.3 is 15.1 Å². The van der Waals surface area contributed by atoms with E-state index in [9.17, 15) is 26.4 Å². The Bertz CT molecular complexity index is 1410. The first-order valence-electron chi connectivity index (χ1n) is 10.8. The molecule has 4 rings (SSSR count). The molecule has 0 radical (unpaired) electrons. The van der Waals surface area contributed by atoms with E-state index in [1.165, 1.54) is 11.9 Å².